The van der Waals surface area contributed by atoms with Gasteiger partial charge in [0, 0.05) is 12.4 Å². The van der Waals surface area contributed by atoms with E-state index >= 15 is 0 Å². The van der Waals surface area contributed by atoms with Crippen LogP contribution in [0.2, 0.25) is 0 Å². The first-order chi connectivity index (χ1) is 6.09. The lowest BCUT2D eigenvalue weighted by Gasteiger charge is -2.19. The van der Waals surface area contributed by atoms with Crippen molar-refractivity contribution in [3.8, 4) is 0 Å². The van der Waals surface area contributed by atoms with Crippen molar-refractivity contribution in [2.24, 2.45) is 0 Å². The number of hydrogen-bond acceptors (Lipinski definition) is 1. The predicted octanol–water partition coefficient (Wildman–Crippen LogP) is 2.86. The van der Waals surface area contributed by atoms with Gasteiger partial charge in [0.2, 0.25) is 0 Å². The molecule has 0 bridgehead atoms. The summed E-state index contributed by atoms with van der Waals surface area (Å²) in [5.41, 5.74) is 3.71. The molecule has 0 atom stereocenters. The number of nitrogens with one attached hydrogen (secondary N) is 1. The topological polar surface area (TPSA) is 28.7 Å². The standard InChI is InChI=1S/C11H14N2/c1-11(2,3)8-4-6-12-9-5-7-13-10(8)9/h4-7,13H,1-3H3. The maximum atomic E-state index is 4.28. The Morgan fingerprint density at radius 1 is 1.23 bits per heavy atom. The molecule has 0 radical (unpaired) electrons. The van der Waals surface area contributed by atoms with Crippen LogP contribution in [0, 0.1) is 0 Å². The Labute approximate surface area is 78.0 Å². The van der Waals surface area contributed by atoms with E-state index in [1.54, 1.807) is 0 Å². The Balaban J connectivity index is 2.75. The van der Waals surface area contributed by atoms with Crippen molar-refractivity contribution in [1.82, 2.24) is 9.97 Å². The average molecular weight is 174 g/mol. The number of fused-ring (bicyclic) bond motifs is 1. The van der Waals surface area contributed by atoms with Crippen molar-refractivity contribution in [1.29, 1.82) is 0 Å². The first kappa shape index (κ1) is 8.30. The maximum absolute atomic E-state index is 4.28. The molecule has 2 heterocycles. The third-order valence-electron chi connectivity index (χ3n) is 2.26. The van der Waals surface area contributed by atoms with Gasteiger partial charge in [-0.05, 0) is 23.1 Å². The normalized spacial score (nSPS) is 12.2. The van der Waals surface area contributed by atoms with Crippen molar-refractivity contribution in [3.05, 3.63) is 30.1 Å². The lowest BCUT2D eigenvalue weighted by molar-refractivity contribution is 0.594. The first-order valence-electron chi connectivity index (χ1n) is 4.51. The first-order valence-corrected chi connectivity index (χ1v) is 4.51. The molecule has 2 aromatic rings. The molecule has 2 nitrogen and oxygen atoms in total. The fourth-order valence-electron chi connectivity index (χ4n) is 1.58. The number of H-pyrrole nitrogens is 1. The number of rotatable bonds is 0. The van der Waals surface area contributed by atoms with Gasteiger partial charge in [-0.1, -0.05) is 20.8 Å². The second-order valence-electron chi connectivity index (χ2n) is 4.35. The zero-order valence-electron chi connectivity index (χ0n) is 8.26. The maximum Gasteiger partial charge on any atom is 0.0881 e. The van der Waals surface area contributed by atoms with Gasteiger partial charge < -0.3 is 4.98 Å². The van der Waals surface area contributed by atoms with E-state index < -0.39 is 0 Å². The lowest BCUT2D eigenvalue weighted by Crippen LogP contribution is -2.11. The molecule has 0 saturated heterocycles. The van der Waals surface area contributed by atoms with Gasteiger partial charge >= 0.3 is 0 Å². The second-order valence-corrected chi connectivity index (χ2v) is 4.35. The molecule has 2 rings (SSSR count). The van der Waals surface area contributed by atoms with E-state index in [-0.39, 0.29) is 5.41 Å². The molecule has 68 valence electrons. The Bertz CT molecular complexity index is 421. The minimum absolute atomic E-state index is 0.173. The van der Waals surface area contributed by atoms with Gasteiger partial charge in [-0.2, -0.15) is 0 Å². The number of aromatic nitrogens is 2. The summed E-state index contributed by atoms with van der Waals surface area (Å²) >= 11 is 0. The van der Waals surface area contributed by atoms with Crippen LogP contribution in [-0.4, -0.2) is 9.97 Å². The molecular formula is C11H14N2. The van der Waals surface area contributed by atoms with Crippen molar-refractivity contribution in [3.63, 3.8) is 0 Å². The highest BCUT2D eigenvalue weighted by molar-refractivity contribution is 5.79. The third-order valence-corrected chi connectivity index (χ3v) is 2.26. The van der Waals surface area contributed by atoms with Gasteiger partial charge in [-0.25, -0.2) is 0 Å². The Hall–Kier alpha value is -1.31. The molecule has 0 spiro atoms. The molecule has 2 heteroatoms. The van der Waals surface area contributed by atoms with Crippen molar-refractivity contribution in [2.45, 2.75) is 26.2 Å². The van der Waals surface area contributed by atoms with Gasteiger partial charge in [0.1, 0.15) is 0 Å². The zero-order valence-corrected chi connectivity index (χ0v) is 8.26. The largest absolute Gasteiger partial charge is 0.360 e. The van der Waals surface area contributed by atoms with Crippen LogP contribution >= 0.6 is 0 Å². The summed E-state index contributed by atoms with van der Waals surface area (Å²) in [7, 11) is 0. The Kier molecular flexibility index (Phi) is 1.65. The van der Waals surface area contributed by atoms with Crippen LogP contribution in [0.1, 0.15) is 26.3 Å². The van der Waals surface area contributed by atoms with Crippen LogP contribution in [0.4, 0.5) is 0 Å². The third kappa shape index (κ3) is 1.32. The van der Waals surface area contributed by atoms with Crippen LogP contribution in [0.3, 0.4) is 0 Å². The highest BCUT2D eigenvalue weighted by atomic mass is 14.8. The van der Waals surface area contributed by atoms with Gasteiger partial charge in [0.15, 0.2) is 0 Å². The number of nitrogens with zero attached hydrogens (tertiary/aromatic N) is 1. The molecule has 0 aliphatic carbocycles. The van der Waals surface area contributed by atoms with Gasteiger partial charge in [0.05, 0.1) is 11.0 Å². The lowest BCUT2D eigenvalue weighted by atomic mass is 9.87. The fourth-order valence-corrected chi connectivity index (χ4v) is 1.58. The minimum atomic E-state index is 0.173. The van der Waals surface area contributed by atoms with Crippen LogP contribution in [0.5, 0.6) is 0 Å². The summed E-state index contributed by atoms with van der Waals surface area (Å²) in [6.07, 6.45) is 3.81. The van der Waals surface area contributed by atoms with E-state index in [4.69, 9.17) is 0 Å². The van der Waals surface area contributed by atoms with Crippen molar-refractivity contribution < 1.29 is 0 Å². The summed E-state index contributed by atoms with van der Waals surface area (Å²) < 4.78 is 0. The molecule has 0 unspecified atom stereocenters. The van der Waals surface area contributed by atoms with Crippen molar-refractivity contribution >= 4 is 11.0 Å². The quantitative estimate of drug-likeness (QED) is 0.653. The van der Waals surface area contributed by atoms with Gasteiger partial charge in [-0.3, -0.25) is 4.98 Å². The molecule has 0 fully saturated rings. The van der Waals surface area contributed by atoms with Gasteiger partial charge in [0.25, 0.3) is 0 Å². The minimum Gasteiger partial charge on any atom is -0.360 e. The van der Waals surface area contributed by atoms with E-state index in [1.807, 2.05) is 18.5 Å². The monoisotopic (exact) mass is 174 g/mol. The zero-order chi connectivity index (χ0) is 9.47. The van der Waals surface area contributed by atoms with Crippen LogP contribution in [0.15, 0.2) is 24.5 Å². The van der Waals surface area contributed by atoms with Crippen molar-refractivity contribution in [2.75, 3.05) is 0 Å². The average Bonchev–Trinajstić information content (AvgIpc) is 2.48. The SMILES string of the molecule is CC(C)(C)c1ccnc2cc[nH]c12. The summed E-state index contributed by atoms with van der Waals surface area (Å²) in [6, 6.07) is 4.09. The second kappa shape index (κ2) is 2.59. The molecule has 2 aromatic heterocycles. The fraction of sp³-hybridized carbons (Fsp3) is 0.364. The number of hydrogen-bond donors (Lipinski definition) is 1. The number of aromatic amines is 1. The molecular weight excluding hydrogens is 160 g/mol. The molecule has 0 aliphatic rings. The molecule has 0 amide bonds. The van der Waals surface area contributed by atoms with E-state index in [0.717, 1.165) is 11.0 Å². The smallest absolute Gasteiger partial charge is 0.0881 e. The molecule has 0 saturated carbocycles. The van der Waals surface area contributed by atoms with Crippen LogP contribution < -0.4 is 0 Å². The highest BCUT2D eigenvalue weighted by Gasteiger charge is 2.17. The summed E-state index contributed by atoms with van der Waals surface area (Å²) in [5, 5.41) is 0. The summed E-state index contributed by atoms with van der Waals surface area (Å²) in [6.45, 7) is 6.63. The van der Waals surface area contributed by atoms with E-state index in [9.17, 15) is 0 Å². The predicted molar refractivity (Wildman–Crippen MR) is 54.8 cm³/mol. The molecule has 0 aliphatic heterocycles. The summed E-state index contributed by atoms with van der Waals surface area (Å²) in [4.78, 5) is 7.52. The van der Waals surface area contributed by atoms with Crippen LogP contribution in [-0.2, 0) is 5.41 Å². The molecule has 13 heavy (non-hydrogen) atoms. The Morgan fingerprint density at radius 2 is 2.00 bits per heavy atom. The van der Waals surface area contributed by atoms with Crippen LogP contribution in [0.25, 0.3) is 11.0 Å². The van der Waals surface area contributed by atoms with E-state index in [1.165, 1.54) is 5.56 Å². The molecule has 1 N–H and O–H groups in total. The number of pyridine rings is 1. The highest BCUT2D eigenvalue weighted by Crippen LogP contribution is 2.27. The van der Waals surface area contributed by atoms with E-state index in [2.05, 4.69) is 36.8 Å². The summed E-state index contributed by atoms with van der Waals surface area (Å²) in [5.74, 6) is 0. The van der Waals surface area contributed by atoms with Gasteiger partial charge in [-0.15, -0.1) is 0 Å². The Morgan fingerprint density at radius 3 is 2.69 bits per heavy atom. The van der Waals surface area contributed by atoms with E-state index in [0.29, 0.717) is 0 Å². The molecule has 0 aromatic carbocycles.